The van der Waals surface area contributed by atoms with Crippen LogP contribution in [0.1, 0.15) is 73.8 Å². The number of primary amides is 1. The minimum atomic E-state index is -5.19. The van der Waals surface area contributed by atoms with Gasteiger partial charge in [-0.25, -0.2) is 13.9 Å². The number of aliphatic imine (C=N–C) groups is 1. The van der Waals surface area contributed by atoms with Crippen molar-refractivity contribution in [1.29, 1.82) is 0 Å². The van der Waals surface area contributed by atoms with E-state index in [1.54, 1.807) is 50.2 Å². The van der Waals surface area contributed by atoms with E-state index in [-0.39, 0.29) is 34.9 Å². The first-order valence-electron chi connectivity index (χ1n) is 18.5. The SMILES string of the molecule is Cc1cc(C)c(C(C)(C)C(CN2C(=O)[C@@H](NC(=O)[C@H](CCC(F)(F)F)[C@H](CC3CC3)C(N)=O)N=C(c3ccccc3)c3cccc(F)c32)C(=O)O)c(OP(=O)(O)O)c1. The summed E-state index contributed by atoms with van der Waals surface area (Å²) in [6, 6.07) is 14.8. The van der Waals surface area contributed by atoms with E-state index in [2.05, 4.69) is 10.3 Å². The van der Waals surface area contributed by atoms with Crippen molar-refractivity contribution in [3.8, 4) is 5.75 Å². The number of carbonyl (C=O) groups excluding carboxylic acids is 3. The number of rotatable bonds is 16. The van der Waals surface area contributed by atoms with Crippen molar-refractivity contribution in [3.63, 3.8) is 0 Å². The molecule has 5 rings (SSSR count). The summed E-state index contributed by atoms with van der Waals surface area (Å²) in [5.41, 5.74) is 4.90. The zero-order valence-corrected chi connectivity index (χ0v) is 33.0. The maximum absolute atomic E-state index is 16.3. The molecule has 1 saturated carbocycles. The van der Waals surface area contributed by atoms with Crippen LogP contribution < -0.4 is 20.5 Å². The molecule has 1 heterocycles. The molecule has 0 radical (unpaired) electrons. The maximum atomic E-state index is 16.3. The van der Waals surface area contributed by atoms with Gasteiger partial charge in [0.1, 0.15) is 11.6 Å². The van der Waals surface area contributed by atoms with E-state index < -0.39 is 97.9 Å². The number of phosphoric acid groups is 1. The molecule has 2 aliphatic rings. The highest BCUT2D eigenvalue weighted by Gasteiger charge is 2.46. The third-order valence-corrected chi connectivity index (χ3v) is 11.1. The number of carboxylic acid groups (broad SMARTS) is 1. The van der Waals surface area contributed by atoms with E-state index in [0.717, 1.165) is 11.0 Å². The van der Waals surface area contributed by atoms with E-state index in [1.807, 2.05) is 0 Å². The fraction of sp³-hybridized carbons (Fsp3) is 0.425. The topological polar surface area (TPSA) is 209 Å². The molecule has 0 spiro atoms. The zero-order chi connectivity index (χ0) is 42.9. The van der Waals surface area contributed by atoms with Gasteiger partial charge in [-0.1, -0.05) is 75.2 Å². The highest BCUT2D eigenvalue weighted by Crippen LogP contribution is 2.47. The average Bonchev–Trinajstić information content (AvgIpc) is 3.93. The Morgan fingerprint density at radius 3 is 2.26 bits per heavy atom. The Balaban J connectivity index is 1.66. The number of benzene rings is 3. The molecule has 13 nitrogen and oxygen atoms in total. The molecule has 58 heavy (non-hydrogen) atoms. The van der Waals surface area contributed by atoms with Gasteiger partial charge in [0.25, 0.3) is 5.91 Å². The van der Waals surface area contributed by atoms with Crippen LogP contribution in [0.4, 0.5) is 23.2 Å². The van der Waals surface area contributed by atoms with Crippen LogP contribution in [-0.4, -0.2) is 63.2 Å². The number of carbonyl (C=O) groups is 4. The van der Waals surface area contributed by atoms with Crippen molar-refractivity contribution in [2.24, 2.45) is 34.4 Å². The first-order chi connectivity index (χ1) is 27.0. The van der Waals surface area contributed by atoms with E-state index in [0.29, 0.717) is 29.5 Å². The Morgan fingerprint density at radius 2 is 1.69 bits per heavy atom. The highest BCUT2D eigenvalue weighted by atomic mass is 31.2. The molecule has 3 aromatic rings. The standard InChI is InChI=1S/C40H45F4N4O9P/c1-21-17-22(2)31(30(18-21)57-58(54,55)56)39(3,4)28(38(52)53)20-48-33-26(11-8-12-29(33)41)32(24-9-6-5-7-10-24)46-35(37(48)51)47-36(50)25(15-16-40(42,43)44)27(34(45)49)19-23-13-14-23/h5-12,17-18,23,25,27-28,35H,13-16,19-20H2,1-4H3,(H2,45,49)(H,47,50)(H,52,53)(H2,54,55,56)/t25-,27+,28?,35-/m1/s1. The number of hydrogen-bond acceptors (Lipinski definition) is 7. The number of aryl methyl sites for hydroxylation is 2. The summed E-state index contributed by atoms with van der Waals surface area (Å²) >= 11 is 0. The van der Waals surface area contributed by atoms with E-state index >= 15 is 4.39 Å². The quantitative estimate of drug-likeness (QED) is 0.0836. The molecule has 0 aromatic heterocycles. The molecular weight excluding hydrogens is 787 g/mol. The fourth-order valence-corrected chi connectivity index (χ4v) is 8.19. The number of halogens is 4. The van der Waals surface area contributed by atoms with Gasteiger partial charge in [-0.15, -0.1) is 0 Å². The molecule has 0 bridgehead atoms. The molecule has 3 aromatic carbocycles. The number of amides is 3. The number of para-hydroxylation sites is 1. The van der Waals surface area contributed by atoms with Crippen LogP contribution in [0.15, 0.2) is 65.7 Å². The smallest absolute Gasteiger partial charge is 0.481 e. The van der Waals surface area contributed by atoms with Crippen LogP contribution in [0.25, 0.3) is 0 Å². The summed E-state index contributed by atoms with van der Waals surface area (Å²) in [5.74, 6) is -10.8. The number of anilines is 1. The number of nitrogens with zero attached hydrogens (tertiary/aromatic N) is 2. The Morgan fingerprint density at radius 1 is 1.03 bits per heavy atom. The largest absolute Gasteiger partial charge is 0.524 e. The van der Waals surface area contributed by atoms with Crippen LogP contribution in [0.2, 0.25) is 0 Å². The van der Waals surface area contributed by atoms with Crippen molar-refractivity contribution in [1.82, 2.24) is 5.32 Å². The van der Waals surface area contributed by atoms with Crippen LogP contribution in [0, 0.1) is 43.3 Å². The highest BCUT2D eigenvalue weighted by molar-refractivity contribution is 7.46. The second-order valence-corrected chi connectivity index (χ2v) is 16.6. The molecule has 0 saturated heterocycles. The third kappa shape index (κ3) is 10.3. The molecule has 1 aliphatic heterocycles. The zero-order valence-electron chi connectivity index (χ0n) is 32.1. The van der Waals surface area contributed by atoms with Crippen molar-refractivity contribution < 1.29 is 60.7 Å². The molecule has 18 heteroatoms. The molecule has 312 valence electrons. The van der Waals surface area contributed by atoms with Crippen LogP contribution in [0.5, 0.6) is 5.75 Å². The van der Waals surface area contributed by atoms with Gasteiger partial charge in [-0.05, 0) is 55.9 Å². The van der Waals surface area contributed by atoms with Gasteiger partial charge in [-0.2, -0.15) is 13.2 Å². The van der Waals surface area contributed by atoms with Gasteiger partial charge in [0.15, 0.2) is 0 Å². The van der Waals surface area contributed by atoms with Gasteiger partial charge in [-0.3, -0.25) is 29.0 Å². The van der Waals surface area contributed by atoms with Crippen LogP contribution >= 0.6 is 7.82 Å². The predicted molar refractivity (Wildman–Crippen MR) is 204 cm³/mol. The van der Waals surface area contributed by atoms with Gasteiger partial charge >= 0.3 is 20.0 Å². The number of alkyl halides is 3. The third-order valence-electron chi connectivity index (χ3n) is 10.6. The van der Waals surface area contributed by atoms with Gasteiger partial charge < -0.3 is 25.6 Å². The first-order valence-corrected chi connectivity index (χ1v) is 20.0. The minimum Gasteiger partial charge on any atom is -0.481 e. The van der Waals surface area contributed by atoms with Crippen LogP contribution in [-0.2, 0) is 29.2 Å². The normalized spacial score (nSPS) is 17.7. The monoisotopic (exact) mass is 832 g/mol. The number of phosphoric ester groups is 1. The Kier molecular flexibility index (Phi) is 12.9. The molecule has 1 aliphatic carbocycles. The van der Waals surface area contributed by atoms with Crippen molar-refractivity contribution >= 4 is 42.9 Å². The van der Waals surface area contributed by atoms with Crippen molar-refractivity contribution in [2.45, 2.75) is 77.6 Å². The Labute approximate surface area is 331 Å². The van der Waals surface area contributed by atoms with Crippen molar-refractivity contribution in [3.05, 3.63) is 94.3 Å². The predicted octanol–water partition coefficient (Wildman–Crippen LogP) is 6.08. The lowest BCUT2D eigenvalue weighted by Crippen LogP contribution is -2.53. The number of benzodiazepines with no additional fused rings is 1. The lowest BCUT2D eigenvalue weighted by atomic mass is 9.70. The second-order valence-electron chi connectivity index (χ2n) is 15.4. The van der Waals surface area contributed by atoms with Gasteiger partial charge in [0, 0.05) is 46.9 Å². The molecule has 4 atom stereocenters. The van der Waals surface area contributed by atoms with E-state index in [4.69, 9.17) is 10.3 Å². The van der Waals surface area contributed by atoms with Crippen LogP contribution in [0.3, 0.4) is 0 Å². The van der Waals surface area contributed by atoms with Gasteiger partial charge in [0.2, 0.25) is 18.0 Å². The van der Waals surface area contributed by atoms with E-state index in [9.17, 15) is 51.8 Å². The summed E-state index contributed by atoms with van der Waals surface area (Å²) in [4.78, 5) is 79.8. The number of aliphatic carboxylic acids is 1. The lowest BCUT2D eigenvalue weighted by molar-refractivity contribution is -0.147. The Hall–Kier alpha value is -5.12. The number of nitrogens with two attached hydrogens (primary N) is 1. The van der Waals surface area contributed by atoms with Crippen molar-refractivity contribution in [2.75, 3.05) is 11.4 Å². The average molecular weight is 833 g/mol. The number of nitrogens with one attached hydrogen (secondary N) is 1. The molecule has 1 fully saturated rings. The first kappa shape index (κ1) is 44.0. The fourth-order valence-electron chi connectivity index (χ4n) is 7.79. The van der Waals surface area contributed by atoms with Gasteiger partial charge in [0.05, 0.1) is 17.3 Å². The number of carboxylic acids is 1. The number of hydrogen-bond donors (Lipinski definition) is 5. The molecule has 3 amide bonds. The minimum absolute atomic E-state index is 0.00708. The molecule has 1 unspecified atom stereocenters. The Bertz CT molecular complexity index is 2160. The maximum Gasteiger partial charge on any atom is 0.524 e. The number of fused-ring (bicyclic) bond motifs is 1. The summed E-state index contributed by atoms with van der Waals surface area (Å²) in [6.45, 7) is 5.28. The second kappa shape index (κ2) is 17.0. The summed E-state index contributed by atoms with van der Waals surface area (Å²) < 4.78 is 74.1. The lowest BCUT2D eigenvalue weighted by Gasteiger charge is -2.38. The molecule has 6 N–H and O–H groups in total. The summed E-state index contributed by atoms with van der Waals surface area (Å²) in [6.07, 6.45) is -7.54. The summed E-state index contributed by atoms with van der Waals surface area (Å²) in [5, 5.41) is 13.2. The molecular formula is C40H45F4N4O9P. The summed E-state index contributed by atoms with van der Waals surface area (Å²) in [7, 11) is -5.19. The van der Waals surface area contributed by atoms with E-state index in [1.165, 1.54) is 32.0 Å².